The molecule has 1 aliphatic heterocycles. The second-order valence-electron chi connectivity index (χ2n) is 12.5. The number of likely N-dealkylation sites (tertiary alicyclic amines) is 1. The maximum atomic E-state index is 14.2. The predicted octanol–water partition coefficient (Wildman–Crippen LogP) is 6.89. The standard InChI is InChI=1S/C31H39F3N6O2/c1-30(2,3)42-29(41)40-13-7-11-22(18-40)23-15-25(31(32,33)34)26(36-16-23)17-35-24-12-6-10-21(14-24)27(20-8-5-9-20)28-38-37-19-39(28)4/h6,10,12,14-16,19-20,22,27,35H,5,7-9,11,13,17-18H2,1-4H3/t22?,27-/m1/s1. The van der Waals surface area contributed by atoms with Gasteiger partial charge in [-0.3, -0.25) is 4.98 Å². The fraction of sp³-hybridized carbons (Fsp3) is 0.548. The molecule has 0 radical (unpaired) electrons. The third kappa shape index (κ3) is 6.87. The van der Waals surface area contributed by atoms with E-state index < -0.39 is 23.4 Å². The van der Waals surface area contributed by atoms with E-state index in [1.54, 1.807) is 32.0 Å². The van der Waals surface area contributed by atoms with Gasteiger partial charge < -0.3 is 19.5 Å². The number of aromatic nitrogens is 4. The van der Waals surface area contributed by atoms with Crippen molar-refractivity contribution < 1.29 is 22.7 Å². The number of nitrogens with one attached hydrogen (secondary N) is 1. The van der Waals surface area contributed by atoms with Crippen LogP contribution in [0.3, 0.4) is 0 Å². The molecule has 2 fully saturated rings. The van der Waals surface area contributed by atoms with E-state index in [9.17, 15) is 18.0 Å². The van der Waals surface area contributed by atoms with Gasteiger partial charge >= 0.3 is 12.3 Å². The number of hydrogen-bond donors (Lipinski definition) is 1. The molecule has 1 aliphatic carbocycles. The average molecular weight is 585 g/mol. The Kier molecular flexibility index (Phi) is 8.48. The number of ether oxygens (including phenoxy) is 1. The summed E-state index contributed by atoms with van der Waals surface area (Å²) in [7, 11) is 1.93. The van der Waals surface area contributed by atoms with Gasteiger partial charge in [0.15, 0.2) is 0 Å². The monoisotopic (exact) mass is 584 g/mol. The minimum absolute atomic E-state index is 0.0692. The Hall–Kier alpha value is -3.63. The number of benzene rings is 1. The zero-order valence-electron chi connectivity index (χ0n) is 24.6. The number of anilines is 1. The predicted molar refractivity (Wildman–Crippen MR) is 153 cm³/mol. The third-order valence-electron chi connectivity index (χ3n) is 8.19. The number of carbonyl (C=O) groups excluding carboxylic acids is 1. The molecule has 0 spiro atoms. The highest BCUT2D eigenvalue weighted by atomic mass is 19.4. The second-order valence-corrected chi connectivity index (χ2v) is 12.5. The van der Waals surface area contributed by atoms with Gasteiger partial charge in [0, 0.05) is 43.9 Å². The van der Waals surface area contributed by atoms with Gasteiger partial charge in [-0.15, -0.1) is 10.2 Å². The number of aryl methyl sites for hydroxylation is 1. The van der Waals surface area contributed by atoms with Crippen molar-refractivity contribution in [3.63, 3.8) is 0 Å². The lowest BCUT2D eigenvalue weighted by molar-refractivity contribution is -0.138. The van der Waals surface area contributed by atoms with E-state index in [4.69, 9.17) is 4.74 Å². The number of rotatable bonds is 7. The maximum absolute atomic E-state index is 14.2. The Labute approximate surface area is 244 Å². The van der Waals surface area contributed by atoms with Crippen LogP contribution in [0.25, 0.3) is 0 Å². The molecule has 1 saturated carbocycles. The van der Waals surface area contributed by atoms with Gasteiger partial charge in [0.2, 0.25) is 0 Å². The first kappa shape index (κ1) is 29.8. The number of pyridine rings is 1. The topological polar surface area (TPSA) is 85.2 Å². The van der Waals surface area contributed by atoms with Crippen LogP contribution >= 0.6 is 0 Å². The van der Waals surface area contributed by atoms with Gasteiger partial charge in [-0.05, 0) is 81.7 Å². The SMILES string of the molecule is Cn1cnnc1[C@@H](c1cccc(NCc2ncc(C3CCCN(C(=O)OC(C)(C)C)C3)cc2C(F)(F)F)c1)C1CCC1. The molecular weight excluding hydrogens is 545 g/mol. The van der Waals surface area contributed by atoms with Gasteiger partial charge in [-0.25, -0.2) is 4.79 Å². The molecule has 42 heavy (non-hydrogen) atoms. The first-order valence-electron chi connectivity index (χ1n) is 14.6. The first-order valence-corrected chi connectivity index (χ1v) is 14.6. The molecule has 1 unspecified atom stereocenters. The quantitative estimate of drug-likeness (QED) is 0.326. The van der Waals surface area contributed by atoms with Gasteiger partial charge in [0.1, 0.15) is 17.8 Å². The third-order valence-corrected chi connectivity index (χ3v) is 8.19. The van der Waals surface area contributed by atoms with E-state index in [0.717, 1.165) is 29.9 Å². The van der Waals surface area contributed by atoms with Gasteiger partial charge in [0.05, 0.1) is 17.8 Å². The maximum Gasteiger partial charge on any atom is 0.418 e. The molecule has 11 heteroatoms. The lowest BCUT2D eigenvalue weighted by Gasteiger charge is -2.34. The summed E-state index contributed by atoms with van der Waals surface area (Å²) in [5.41, 5.74) is 0.792. The number of hydrogen-bond acceptors (Lipinski definition) is 6. The van der Waals surface area contributed by atoms with Crippen molar-refractivity contribution in [1.82, 2.24) is 24.6 Å². The van der Waals surface area contributed by atoms with Crippen molar-refractivity contribution in [2.24, 2.45) is 13.0 Å². The molecule has 1 N–H and O–H groups in total. The van der Waals surface area contributed by atoms with E-state index in [0.29, 0.717) is 37.4 Å². The Morgan fingerprint density at radius 3 is 2.57 bits per heavy atom. The van der Waals surface area contributed by atoms with Gasteiger partial charge in [-0.1, -0.05) is 18.6 Å². The molecule has 2 atom stereocenters. The van der Waals surface area contributed by atoms with Crippen LogP contribution in [-0.4, -0.2) is 49.4 Å². The highest BCUT2D eigenvalue weighted by Crippen LogP contribution is 2.43. The molecule has 3 heterocycles. The number of carbonyl (C=O) groups is 1. The summed E-state index contributed by atoms with van der Waals surface area (Å²) in [5.74, 6) is 1.18. The lowest BCUT2D eigenvalue weighted by Crippen LogP contribution is -2.42. The van der Waals surface area contributed by atoms with Crippen LogP contribution < -0.4 is 5.32 Å². The summed E-state index contributed by atoms with van der Waals surface area (Å²) in [4.78, 5) is 18.5. The number of nitrogens with zero attached hydrogens (tertiary/aromatic N) is 5. The van der Waals surface area contributed by atoms with Crippen LogP contribution in [0, 0.1) is 5.92 Å². The Morgan fingerprint density at radius 2 is 1.93 bits per heavy atom. The molecule has 2 aromatic heterocycles. The number of halogens is 3. The fourth-order valence-electron chi connectivity index (χ4n) is 5.87. The van der Waals surface area contributed by atoms with Crippen LogP contribution in [-0.2, 0) is 24.5 Å². The summed E-state index contributed by atoms with van der Waals surface area (Å²) in [6.45, 7) is 6.11. The molecule has 2 aliphatic rings. The molecule has 0 bridgehead atoms. The smallest absolute Gasteiger partial charge is 0.418 e. The van der Waals surface area contributed by atoms with Gasteiger partial charge in [-0.2, -0.15) is 13.2 Å². The molecule has 1 amide bonds. The van der Waals surface area contributed by atoms with Gasteiger partial charge in [0.25, 0.3) is 0 Å². The highest BCUT2D eigenvalue weighted by molar-refractivity contribution is 5.68. The van der Waals surface area contributed by atoms with Crippen LogP contribution in [0.4, 0.5) is 23.7 Å². The number of alkyl halides is 3. The van der Waals surface area contributed by atoms with Crippen molar-refractivity contribution >= 4 is 11.8 Å². The normalized spacial score (nSPS) is 18.8. The zero-order valence-corrected chi connectivity index (χ0v) is 24.6. The lowest BCUT2D eigenvalue weighted by atomic mass is 9.72. The van der Waals surface area contributed by atoms with Crippen LogP contribution in [0.1, 0.15) is 92.9 Å². The van der Waals surface area contributed by atoms with Crippen molar-refractivity contribution in [3.8, 4) is 0 Å². The number of piperidine rings is 1. The fourth-order valence-corrected chi connectivity index (χ4v) is 5.87. The Morgan fingerprint density at radius 1 is 1.14 bits per heavy atom. The zero-order chi connectivity index (χ0) is 30.1. The molecular formula is C31H39F3N6O2. The van der Waals surface area contributed by atoms with E-state index in [-0.39, 0.29) is 24.1 Å². The minimum Gasteiger partial charge on any atom is -0.444 e. The summed E-state index contributed by atoms with van der Waals surface area (Å²) >= 11 is 0. The highest BCUT2D eigenvalue weighted by Gasteiger charge is 2.36. The summed E-state index contributed by atoms with van der Waals surface area (Å²) in [6.07, 6.45) is 2.95. The summed E-state index contributed by atoms with van der Waals surface area (Å²) in [5, 5.41) is 11.6. The van der Waals surface area contributed by atoms with Crippen molar-refractivity contribution in [2.75, 3.05) is 18.4 Å². The summed E-state index contributed by atoms with van der Waals surface area (Å²) in [6, 6.07) is 9.01. The van der Waals surface area contributed by atoms with E-state index in [1.807, 2.05) is 35.9 Å². The Bertz CT molecular complexity index is 1400. The Balaban J connectivity index is 1.33. The van der Waals surface area contributed by atoms with Crippen LogP contribution in [0.5, 0.6) is 0 Å². The average Bonchev–Trinajstić information content (AvgIpc) is 3.33. The van der Waals surface area contributed by atoms with E-state index >= 15 is 0 Å². The molecule has 8 nitrogen and oxygen atoms in total. The van der Waals surface area contributed by atoms with Crippen LogP contribution in [0.2, 0.25) is 0 Å². The first-order chi connectivity index (χ1) is 19.9. The molecule has 1 aromatic carbocycles. The van der Waals surface area contributed by atoms with Crippen LogP contribution in [0.15, 0.2) is 42.9 Å². The summed E-state index contributed by atoms with van der Waals surface area (Å²) < 4.78 is 50.1. The molecule has 5 rings (SSSR count). The second kappa shape index (κ2) is 11.9. The van der Waals surface area contributed by atoms with E-state index in [1.165, 1.54) is 18.7 Å². The van der Waals surface area contributed by atoms with Crippen molar-refractivity contribution in [2.45, 2.75) is 83.0 Å². The number of amides is 1. The minimum atomic E-state index is -4.57. The largest absolute Gasteiger partial charge is 0.444 e. The van der Waals surface area contributed by atoms with Crippen molar-refractivity contribution in [1.29, 1.82) is 0 Å². The molecule has 226 valence electrons. The molecule has 1 saturated heterocycles. The van der Waals surface area contributed by atoms with Crippen molar-refractivity contribution in [3.05, 3.63) is 71.1 Å². The molecule has 3 aromatic rings. The van der Waals surface area contributed by atoms with E-state index in [2.05, 4.69) is 20.5 Å².